The van der Waals surface area contributed by atoms with Crippen LogP contribution in [-0.4, -0.2) is 33.0 Å². The van der Waals surface area contributed by atoms with Crippen molar-refractivity contribution in [1.29, 1.82) is 0 Å². The van der Waals surface area contributed by atoms with Crippen LogP contribution in [0, 0.1) is 6.92 Å². The molecule has 38 heavy (non-hydrogen) atoms. The van der Waals surface area contributed by atoms with Crippen molar-refractivity contribution in [2.75, 3.05) is 18.6 Å². The average Bonchev–Trinajstić information content (AvgIpc) is 3.25. The normalized spacial score (nSPS) is 15.8. The highest BCUT2D eigenvalue weighted by atomic mass is 32.2. The van der Waals surface area contributed by atoms with Crippen LogP contribution in [0.4, 0.5) is 0 Å². The molecule has 1 aliphatic heterocycles. The van der Waals surface area contributed by atoms with Gasteiger partial charge in [0.15, 0.2) is 0 Å². The predicted molar refractivity (Wildman–Crippen MR) is 144 cm³/mol. The molecule has 3 aromatic rings. The first-order valence-corrected chi connectivity index (χ1v) is 14.8. The van der Waals surface area contributed by atoms with Crippen LogP contribution >= 0.6 is 0 Å². The zero-order chi connectivity index (χ0) is 26.9. The second-order valence-corrected chi connectivity index (χ2v) is 12.3. The van der Waals surface area contributed by atoms with Gasteiger partial charge in [-0.25, -0.2) is 8.42 Å². The van der Waals surface area contributed by atoms with E-state index in [4.69, 9.17) is 18.9 Å². The second kappa shape index (κ2) is 10.8. The van der Waals surface area contributed by atoms with Gasteiger partial charge in [-0.3, -0.25) is 4.79 Å². The van der Waals surface area contributed by atoms with Gasteiger partial charge >= 0.3 is 5.97 Å². The van der Waals surface area contributed by atoms with Crippen molar-refractivity contribution in [2.24, 2.45) is 0 Å². The first-order valence-electron chi connectivity index (χ1n) is 12.8. The highest BCUT2D eigenvalue weighted by molar-refractivity contribution is 7.90. The lowest BCUT2D eigenvalue weighted by Gasteiger charge is -2.24. The predicted octanol–water partition coefficient (Wildman–Crippen LogP) is 5.25. The Morgan fingerprint density at radius 2 is 1.76 bits per heavy atom. The van der Waals surface area contributed by atoms with Crippen molar-refractivity contribution in [2.45, 2.75) is 52.6 Å². The molecule has 8 heteroatoms. The number of aryl methyl sites for hydroxylation is 3. The average molecular weight is 537 g/mol. The fourth-order valence-electron chi connectivity index (χ4n) is 5.13. The Hall–Kier alpha value is -3.36. The van der Waals surface area contributed by atoms with E-state index in [9.17, 15) is 13.2 Å². The molecule has 0 saturated carbocycles. The van der Waals surface area contributed by atoms with Gasteiger partial charge in [-0.15, -0.1) is 0 Å². The maximum absolute atomic E-state index is 11.4. The first kappa shape index (κ1) is 26.3. The van der Waals surface area contributed by atoms with Crippen LogP contribution in [0.1, 0.15) is 53.0 Å². The molecule has 1 aliphatic carbocycles. The number of sulfone groups is 1. The van der Waals surface area contributed by atoms with E-state index in [2.05, 4.69) is 31.2 Å². The van der Waals surface area contributed by atoms with Crippen LogP contribution in [0.3, 0.4) is 0 Å². The van der Waals surface area contributed by atoms with Crippen molar-refractivity contribution in [1.82, 2.24) is 0 Å². The highest BCUT2D eigenvalue weighted by Crippen LogP contribution is 2.39. The molecule has 0 N–H and O–H groups in total. The molecule has 0 saturated heterocycles. The van der Waals surface area contributed by atoms with E-state index < -0.39 is 16.1 Å². The summed E-state index contributed by atoms with van der Waals surface area (Å²) in [6.07, 6.45) is 2.96. The molecule has 1 heterocycles. The zero-order valence-corrected chi connectivity index (χ0v) is 22.7. The lowest BCUT2D eigenvalue weighted by molar-refractivity contribution is -0.175. The van der Waals surface area contributed by atoms with Gasteiger partial charge < -0.3 is 18.9 Å². The van der Waals surface area contributed by atoms with Gasteiger partial charge in [0.2, 0.25) is 6.29 Å². The number of fused-ring (bicyclic) bond motifs is 4. The van der Waals surface area contributed by atoms with Crippen LogP contribution in [0.2, 0.25) is 0 Å². The SMILES string of the molecule is CC(=O)O[C@@H]1OCc2cc(OCc3ccc4c(c3)-c3c(C)cc(OCCCS(C)(=O)=O)cc3CC4)ccc21. The molecule has 0 bridgehead atoms. The maximum Gasteiger partial charge on any atom is 0.305 e. The smallest absolute Gasteiger partial charge is 0.305 e. The molecular weight excluding hydrogens is 504 g/mol. The van der Waals surface area contributed by atoms with Gasteiger partial charge in [-0.1, -0.05) is 12.1 Å². The lowest BCUT2D eigenvalue weighted by Crippen LogP contribution is -2.10. The van der Waals surface area contributed by atoms with Crippen molar-refractivity contribution >= 4 is 15.8 Å². The minimum atomic E-state index is -2.98. The van der Waals surface area contributed by atoms with E-state index in [-0.39, 0.29) is 11.7 Å². The summed E-state index contributed by atoms with van der Waals surface area (Å²) in [6.45, 7) is 4.65. The fraction of sp³-hybridized carbons (Fsp3) is 0.367. The Labute approximate surface area is 223 Å². The standard InChI is InChI=1S/C30H32O7S/c1-19-13-26(34-11-4-12-38(3,32)33)15-23-8-7-22-6-5-21(14-28(22)29(19)23)17-35-25-9-10-27-24(16-25)18-36-30(27)37-20(2)31/h5-6,9-10,13-16,30H,4,7-8,11-12,17-18H2,1-3H3/t30-/m0/s1. The number of carbonyl (C=O) groups excluding carboxylic acids is 1. The largest absolute Gasteiger partial charge is 0.494 e. The van der Waals surface area contributed by atoms with E-state index in [1.54, 1.807) is 0 Å². The minimum Gasteiger partial charge on any atom is -0.494 e. The van der Waals surface area contributed by atoms with Gasteiger partial charge in [0.05, 0.1) is 19.0 Å². The van der Waals surface area contributed by atoms with E-state index >= 15 is 0 Å². The molecule has 0 amide bonds. The number of ether oxygens (including phenoxy) is 4. The second-order valence-electron chi connectivity index (χ2n) is 10.00. The number of hydrogen-bond acceptors (Lipinski definition) is 7. The molecule has 200 valence electrons. The molecule has 0 radical (unpaired) electrons. The van der Waals surface area contributed by atoms with E-state index in [1.807, 2.05) is 24.3 Å². The van der Waals surface area contributed by atoms with Gasteiger partial charge in [0, 0.05) is 18.7 Å². The van der Waals surface area contributed by atoms with Crippen LogP contribution in [-0.2, 0) is 50.2 Å². The first-order chi connectivity index (χ1) is 18.2. The molecule has 0 unspecified atom stereocenters. The molecule has 2 aliphatic rings. The van der Waals surface area contributed by atoms with Gasteiger partial charge in [0.25, 0.3) is 0 Å². The number of esters is 1. The zero-order valence-electron chi connectivity index (χ0n) is 21.9. The van der Waals surface area contributed by atoms with E-state index in [0.717, 1.165) is 46.6 Å². The Morgan fingerprint density at radius 1 is 0.974 bits per heavy atom. The summed E-state index contributed by atoms with van der Waals surface area (Å²) in [5, 5.41) is 0. The van der Waals surface area contributed by atoms with Gasteiger partial charge in [0.1, 0.15) is 27.9 Å². The number of hydrogen-bond donors (Lipinski definition) is 0. The van der Waals surface area contributed by atoms with Crippen molar-refractivity contribution < 1.29 is 32.2 Å². The van der Waals surface area contributed by atoms with Gasteiger partial charge in [-0.05, 0) is 102 Å². The van der Waals surface area contributed by atoms with E-state index in [0.29, 0.717) is 26.2 Å². The summed E-state index contributed by atoms with van der Waals surface area (Å²) in [7, 11) is -2.98. The van der Waals surface area contributed by atoms with Gasteiger partial charge in [-0.2, -0.15) is 0 Å². The molecule has 1 atom stereocenters. The molecule has 7 nitrogen and oxygen atoms in total. The summed E-state index contributed by atoms with van der Waals surface area (Å²) in [5.41, 5.74) is 9.05. The number of rotatable bonds is 9. The summed E-state index contributed by atoms with van der Waals surface area (Å²) in [6, 6.07) is 16.3. The third kappa shape index (κ3) is 6.03. The fourth-order valence-corrected chi connectivity index (χ4v) is 5.77. The third-order valence-corrected chi connectivity index (χ3v) is 7.89. The van der Waals surface area contributed by atoms with Crippen molar-refractivity contribution in [3.05, 3.63) is 81.9 Å². The van der Waals surface area contributed by atoms with Crippen LogP contribution in [0.5, 0.6) is 11.5 Å². The van der Waals surface area contributed by atoms with Crippen molar-refractivity contribution in [3.8, 4) is 22.6 Å². The number of carbonyl (C=O) groups is 1. The van der Waals surface area contributed by atoms with Crippen LogP contribution in [0.15, 0.2) is 48.5 Å². The molecule has 0 fully saturated rings. The maximum atomic E-state index is 11.4. The summed E-state index contributed by atoms with van der Waals surface area (Å²) in [5.74, 6) is 1.28. The Balaban J connectivity index is 1.28. The third-order valence-electron chi connectivity index (χ3n) is 6.86. The minimum absolute atomic E-state index is 0.128. The van der Waals surface area contributed by atoms with Crippen LogP contribution < -0.4 is 9.47 Å². The van der Waals surface area contributed by atoms with Crippen LogP contribution in [0.25, 0.3) is 11.1 Å². The monoisotopic (exact) mass is 536 g/mol. The van der Waals surface area contributed by atoms with E-state index in [1.165, 1.54) is 35.4 Å². The summed E-state index contributed by atoms with van der Waals surface area (Å²) in [4.78, 5) is 11.3. The summed E-state index contributed by atoms with van der Waals surface area (Å²) >= 11 is 0. The number of benzene rings is 3. The molecule has 0 aromatic heterocycles. The topological polar surface area (TPSA) is 88.1 Å². The molecule has 3 aromatic carbocycles. The molecule has 0 spiro atoms. The van der Waals surface area contributed by atoms with Crippen molar-refractivity contribution in [3.63, 3.8) is 0 Å². The lowest BCUT2D eigenvalue weighted by atomic mass is 9.82. The highest BCUT2D eigenvalue weighted by Gasteiger charge is 2.26. The summed E-state index contributed by atoms with van der Waals surface area (Å²) < 4.78 is 45.5. The molecular formula is C30H32O7S. The molecule has 5 rings (SSSR count). The Kier molecular flexibility index (Phi) is 7.45. The quantitative estimate of drug-likeness (QED) is 0.273. The Bertz CT molecular complexity index is 1480. The Morgan fingerprint density at radius 3 is 2.55 bits per heavy atom.